The molecule has 0 bridgehead atoms. The van der Waals surface area contributed by atoms with Crippen molar-refractivity contribution in [2.24, 2.45) is 0 Å². The number of nitrogens with two attached hydrogens (primary N) is 1. The number of nitrogen functional groups attached to an aromatic ring is 1. The number of nitrogens with zero attached hydrogens (tertiary/aromatic N) is 4. The third-order valence-electron chi connectivity index (χ3n) is 6.45. The van der Waals surface area contributed by atoms with E-state index in [1.54, 1.807) is 11.1 Å². The predicted molar refractivity (Wildman–Crippen MR) is 124 cm³/mol. The number of likely N-dealkylation sites (tertiary alicyclic amines) is 1. The molecular weight excluding hydrogens is 442 g/mol. The number of carbonyl (C=O) groups is 2. The van der Waals surface area contributed by atoms with Gasteiger partial charge in [-0.2, -0.15) is 5.10 Å². The van der Waals surface area contributed by atoms with E-state index in [0.717, 1.165) is 37.9 Å². The summed E-state index contributed by atoms with van der Waals surface area (Å²) in [5.74, 6) is -0.909. The quantitative estimate of drug-likeness (QED) is 0.462. The number of H-pyrrole nitrogens is 1. The summed E-state index contributed by atoms with van der Waals surface area (Å²) in [5, 5.41) is 10.1. The lowest BCUT2D eigenvalue weighted by Crippen LogP contribution is -3.00. The second-order valence-electron chi connectivity index (χ2n) is 8.47. The molecule has 1 unspecified atom stereocenters. The molecule has 5 rings (SSSR count). The Morgan fingerprint density at radius 3 is 2.73 bits per heavy atom. The number of pyridine rings is 1. The van der Waals surface area contributed by atoms with Gasteiger partial charge < -0.3 is 33.3 Å². The van der Waals surface area contributed by atoms with Crippen LogP contribution in [0, 0.1) is 0 Å². The van der Waals surface area contributed by atoms with Gasteiger partial charge in [0.05, 0.1) is 35.0 Å². The topological polar surface area (TPSA) is 120 Å². The predicted octanol–water partition coefficient (Wildman–Crippen LogP) is -0.0509. The molecule has 4 N–H and O–H groups in total. The fourth-order valence-electron chi connectivity index (χ4n) is 4.78. The van der Waals surface area contributed by atoms with E-state index >= 15 is 0 Å². The minimum Gasteiger partial charge on any atom is -1.00 e. The molecule has 9 nitrogen and oxygen atoms in total. The first-order chi connectivity index (χ1) is 15.6. The van der Waals surface area contributed by atoms with Gasteiger partial charge in [-0.3, -0.25) is 14.7 Å². The van der Waals surface area contributed by atoms with E-state index in [4.69, 9.17) is 5.73 Å². The maximum absolute atomic E-state index is 13.2. The van der Waals surface area contributed by atoms with Crippen LogP contribution in [0.25, 0.3) is 10.9 Å². The van der Waals surface area contributed by atoms with Crippen molar-refractivity contribution >= 4 is 39.9 Å². The summed E-state index contributed by atoms with van der Waals surface area (Å²) in [7, 11) is 0. The number of nitrogens with one attached hydrogen (secondary N) is 2. The molecule has 2 aliphatic heterocycles. The van der Waals surface area contributed by atoms with Crippen molar-refractivity contribution in [2.75, 3.05) is 35.6 Å². The van der Waals surface area contributed by atoms with Crippen LogP contribution in [0.3, 0.4) is 0 Å². The summed E-state index contributed by atoms with van der Waals surface area (Å²) in [4.78, 5) is 34.3. The molecule has 4 heterocycles. The van der Waals surface area contributed by atoms with Crippen molar-refractivity contribution in [3.05, 3.63) is 42.2 Å². The number of carbonyl (C=O) groups excluding carboxylic acids is 2. The van der Waals surface area contributed by atoms with E-state index < -0.39 is 11.8 Å². The number of fused-ring (bicyclic) bond motifs is 1. The molecule has 2 amide bonds. The van der Waals surface area contributed by atoms with Crippen molar-refractivity contribution < 1.29 is 23.4 Å². The number of aromatic nitrogens is 3. The van der Waals surface area contributed by atoms with Crippen LogP contribution in [0.5, 0.6) is 0 Å². The average molecular weight is 470 g/mol. The highest BCUT2D eigenvalue weighted by Crippen LogP contribution is 2.34. The van der Waals surface area contributed by atoms with Gasteiger partial charge >= 0.3 is 13.2 Å². The minimum absolute atomic E-state index is 0. The number of aromatic amines is 1. The largest absolute Gasteiger partial charge is 1.00 e. The maximum atomic E-state index is 13.2. The van der Waals surface area contributed by atoms with Crippen LogP contribution in [-0.4, -0.2) is 51.5 Å². The Morgan fingerprint density at radius 2 is 1.91 bits per heavy atom. The van der Waals surface area contributed by atoms with Gasteiger partial charge in [0, 0.05) is 25.3 Å². The van der Waals surface area contributed by atoms with Crippen LogP contribution < -0.4 is 28.4 Å². The van der Waals surface area contributed by atoms with E-state index in [2.05, 4.69) is 49.7 Å². The Kier molecular flexibility index (Phi) is 6.69. The first kappa shape index (κ1) is 22.8. The Morgan fingerprint density at radius 1 is 1.12 bits per heavy atom. The normalized spacial score (nSPS) is 18.2. The van der Waals surface area contributed by atoms with Crippen LogP contribution in [0.2, 0.25) is 0 Å². The van der Waals surface area contributed by atoms with Crippen molar-refractivity contribution in [1.82, 2.24) is 20.1 Å². The number of benzene rings is 1. The van der Waals surface area contributed by atoms with E-state index in [1.807, 2.05) is 0 Å². The van der Waals surface area contributed by atoms with Crippen LogP contribution in [0.1, 0.15) is 45.1 Å². The van der Waals surface area contributed by atoms with Crippen LogP contribution >= 0.6 is 0 Å². The van der Waals surface area contributed by atoms with E-state index in [-0.39, 0.29) is 19.9 Å². The lowest BCUT2D eigenvalue weighted by molar-refractivity contribution is -0.145. The summed E-state index contributed by atoms with van der Waals surface area (Å²) < 4.78 is 0. The molecule has 0 radical (unpaired) electrons. The smallest absolute Gasteiger partial charge is 1.00 e. The van der Waals surface area contributed by atoms with Crippen molar-refractivity contribution in [3.63, 3.8) is 0 Å². The molecule has 33 heavy (non-hydrogen) atoms. The Hall–Kier alpha value is -3.33. The van der Waals surface area contributed by atoms with Crippen LogP contribution in [0.15, 0.2) is 36.7 Å². The Labute approximate surface area is 199 Å². The van der Waals surface area contributed by atoms with Gasteiger partial charge in [0.15, 0.2) is 0 Å². The lowest BCUT2D eigenvalue weighted by atomic mass is 9.94. The van der Waals surface area contributed by atoms with Crippen LogP contribution in [-0.2, 0) is 9.59 Å². The summed E-state index contributed by atoms with van der Waals surface area (Å²) >= 11 is 0. The fraction of sp³-hybridized carbons (Fsp3) is 0.391. The summed E-state index contributed by atoms with van der Waals surface area (Å²) in [6, 6.07) is 8.31. The number of halogens is 1. The second kappa shape index (κ2) is 9.66. The van der Waals surface area contributed by atoms with Crippen LogP contribution in [0.4, 0.5) is 17.2 Å². The summed E-state index contributed by atoms with van der Waals surface area (Å²) in [5.41, 5.74) is 9.06. The van der Waals surface area contributed by atoms with E-state index in [0.29, 0.717) is 29.0 Å². The molecule has 2 aromatic heterocycles. The number of hydrogen-bond donors (Lipinski definition) is 3. The highest BCUT2D eigenvalue weighted by molar-refractivity contribution is 6.40. The van der Waals surface area contributed by atoms with Crippen molar-refractivity contribution in [3.8, 4) is 0 Å². The number of anilines is 3. The highest BCUT2D eigenvalue weighted by Gasteiger charge is 2.32. The van der Waals surface area contributed by atoms with Gasteiger partial charge in [0.2, 0.25) is 0 Å². The van der Waals surface area contributed by atoms with Gasteiger partial charge in [-0.1, -0.05) is 12.1 Å². The zero-order valence-electron chi connectivity index (χ0n) is 19.3. The molecule has 1 aromatic carbocycles. The number of hydrogen-bond acceptors (Lipinski definition) is 6. The SMILES string of the molecule is Nc1ncc(NC(=O)C(=O)N2CCCCC2c2cccc(N3CCCC3)c2)c2[nH]ncc12.[Cl-].[H+]. The zero-order chi connectivity index (χ0) is 22.1. The molecule has 3 aromatic rings. The molecule has 2 fully saturated rings. The molecule has 10 heteroatoms. The van der Waals surface area contributed by atoms with Crippen molar-refractivity contribution in [1.29, 1.82) is 0 Å². The van der Waals surface area contributed by atoms with E-state index in [1.165, 1.54) is 24.7 Å². The van der Waals surface area contributed by atoms with Gasteiger partial charge in [-0.05, 0) is 49.8 Å². The standard InChI is InChI=1S/C23H27N7O2.ClH/c24-21-17-13-26-28-20(17)18(14-25-21)27-22(31)23(32)30-11-2-1-8-19(30)15-6-5-7-16(12-15)29-9-3-4-10-29;/h5-7,12-14,19H,1-4,8-11H2,(H2,24,25)(H,26,28)(H,27,31);1H. The number of piperidine rings is 1. The number of amides is 2. The second-order valence-corrected chi connectivity index (χ2v) is 8.47. The van der Waals surface area contributed by atoms with Gasteiger partial charge in [0.25, 0.3) is 0 Å². The molecule has 1 atom stereocenters. The molecule has 2 aliphatic rings. The van der Waals surface area contributed by atoms with Gasteiger partial charge in [0.1, 0.15) is 5.82 Å². The molecule has 174 valence electrons. The van der Waals surface area contributed by atoms with Gasteiger partial charge in [-0.25, -0.2) is 4.98 Å². The fourth-order valence-corrected chi connectivity index (χ4v) is 4.78. The molecule has 0 spiro atoms. The molecular formula is C23H28ClN7O2. The number of rotatable bonds is 3. The summed E-state index contributed by atoms with van der Waals surface area (Å²) in [6.45, 7) is 2.69. The molecule has 2 saturated heterocycles. The van der Waals surface area contributed by atoms with E-state index in [9.17, 15) is 9.59 Å². The Balaban J connectivity index is 0.00000162. The highest BCUT2D eigenvalue weighted by atomic mass is 35.5. The summed E-state index contributed by atoms with van der Waals surface area (Å²) in [6.07, 6.45) is 8.16. The average Bonchev–Trinajstić information content (AvgIpc) is 3.53. The van der Waals surface area contributed by atoms with Gasteiger partial charge in [-0.15, -0.1) is 0 Å². The third-order valence-corrected chi connectivity index (χ3v) is 6.45. The first-order valence-corrected chi connectivity index (χ1v) is 11.2. The minimum atomic E-state index is -0.685. The maximum Gasteiger partial charge on any atom is 1.00 e. The molecule has 0 aliphatic carbocycles. The monoisotopic (exact) mass is 469 g/mol. The zero-order valence-corrected chi connectivity index (χ0v) is 19.0. The first-order valence-electron chi connectivity index (χ1n) is 11.2. The van der Waals surface area contributed by atoms with Crippen molar-refractivity contribution in [2.45, 2.75) is 38.1 Å². The third kappa shape index (κ3) is 4.45. The lowest BCUT2D eigenvalue weighted by Gasteiger charge is -2.36. The Bertz CT molecular complexity index is 1170. The molecule has 0 saturated carbocycles.